The SMILES string of the molecule is O=[SH](=O)Cc1cccc(-c2ncc[nH]2)c1. The van der Waals surface area contributed by atoms with Crippen LogP contribution in [0.3, 0.4) is 0 Å². The molecule has 0 saturated heterocycles. The molecule has 0 saturated carbocycles. The number of thiol groups is 1. The average Bonchev–Trinajstić information content (AvgIpc) is 2.69. The van der Waals surface area contributed by atoms with Crippen LogP contribution in [0.1, 0.15) is 5.56 Å². The van der Waals surface area contributed by atoms with Crippen LogP contribution in [-0.2, 0) is 16.5 Å². The molecule has 5 heteroatoms. The number of imidazole rings is 1. The van der Waals surface area contributed by atoms with E-state index in [4.69, 9.17) is 0 Å². The minimum absolute atomic E-state index is 0.0733. The Balaban J connectivity index is 2.35. The summed E-state index contributed by atoms with van der Waals surface area (Å²) in [6.45, 7) is 0. The molecular weight excluding hydrogens is 212 g/mol. The van der Waals surface area contributed by atoms with E-state index < -0.39 is 10.7 Å². The van der Waals surface area contributed by atoms with Gasteiger partial charge in [-0.25, -0.2) is 13.4 Å². The van der Waals surface area contributed by atoms with Crippen molar-refractivity contribution in [1.29, 1.82) is 0 Å². The summed E-state index contributed by atoms with van der Waals surface area (Å²) in [4.78, 5) is 7.07. The summed E-state index contributed by atoms with van der Waals surface area (Å²) < 4.78 is 21.2. The molecule has 1 aromatic heterocycles. The first kappa shape index (κ1) is 9.92. The summed E-state index contributed by atoms with van der Waals surface area (Å²) in [6.07, 6.45) is 3.40. The van der Waals surface area contributed by atoms with E-state index in [0.29, 0.717) is 0 Å². The van der Waals surface area contributed by atoms with E-state index in [1.807, 2.05) is 18.2 Å². The number of aromatic amines is 1. The van der Waals surface area contributed by atoms with E-state index in [2.05, 4.69) is 9.97 Å². The Morgan fingerprint density at radius 1 is 1.33 bits per heavy atom. The molecule has 0 unspecified atom stereocenters. The van der Waals surface area contributed by atoms with Gasteiger partial charge in [-0.3, -0.25) is 0 Å². The molecule has 2 aromatic rings. The number of hydrogen-bond acceptors (Lipinski definition) is 3. The Bertz CT molecular complexity index is 510. The topological polar surface area (TPSA) is 62.8 Å². The van der Waals surface area contributed by atoms with Crippen molar-refractivity contribution in [3.63, 3.8) is 0 Å². The van der Waals surface area contributed by atoms with Crippen LogP contribution in [-0.4, -0.2) is 18.4 Å². The van der Waals surface area contributed by atoms with Crippen LogP contribution in [0.4, 0.5) is 0 Å². The third kappa shape index (κ3) is 2.44. The van der Waals surface area contributed by atoms with Gasteiger partial charge in [0.2, 0.25) is 0 Å². The summed E-state index contributed by atoms with van der Waals surface area (Å²) in [6, 6.07) is 7.33. The number of nitrogens with zero attached hydrogens (tertiary/aromatic N) is 1. The second-order valence-corrected chi connectivity index (χ2v) is 4.11. The molecule has 0 atom stereocenters. The Morgan fingerprint density at radius 2 is 2.20 bits per heavy atom. The lowest BCUT2D eigenvalue weighted by Crippen LogP contribution is -1.88. The minimum atomic E-state index is -2.38. The lowest BCUT2D eigenvalue weighted by atomic mass is 10.1. The molecular formula is C10H10N2O2S. The Labute approximate surface area is 88.9 Å². The summed E-state index contributed by atoms with van der Waals surface area (Å²) in [7, 11) is -2.38. The molecule has 2 rings (SSSR count). The van der Waals surface area contributed by atoms with E-state index in [1.165, 1.54) is 0 Å². The van der Waals surface area contributed by atoms with Gasteiger partial charge in [0.15, 0.2) is 0 Å². The van der Waals surface area contributed by atoms with Crippen molar-refractivity contribution in [2.24, 2.45) is 0 Å². The van der Waals surface area contributed by atoms with Gasteiger partial charge in [0.25, 0.3) is 0 Å². The first-order chi connectivity index (χ1) is 7.25. The molecule has 0 aliphatic carbocycles. The zero-order valence-electron chi connectivity index (χ0n) is 7.88. The summed E-state index contributed by atoms with van der Waals surface area (Å²) in [5, 5.41) is 0. The summed E-state index contributed by atoms with van der Waals surface area (Å²) >= 11 is 0. The summed E-state index contributed by atoms with van der Waals surface area (Å²) in [5.41, 5.74) is 1.68. The lowest BCUT2D eigenvalue weighted by molar-refractivity contribution is 0.614. The lowest BCUT2D eigenvalue weighted by Gasteiger charge is -1.99. The van der Waals surface area contributed by atoms with Crippen LogP contribution < -0.4 is 0 Å². The highest BCUT2D eigenvalue weighted by Gasteiger charge is 2.01. The first-order valence-electron chi connectivity index (χ1n) is 4.46. The van der Waals surface area contributed by atoms with Crippen molar-refractivity contribution in [2.45, 2.75) is 5.75 Å². The van der Waals surface area contributed by atoms with E-state index >= 15 is 0 Å². The van der Waals surface area contributed by atoms with Crippen LogP contribution >= 0.6 is 0 Å². The molecule has 0 aliphatic heterocycles. The van der Waals surface area contributed by atoms with Crippen molar-refractivity contribution in [1.82, 2.24) is 9.97 Å². The number of nitrogens with one attached hydrogen (secondary N) is 1. The quantitative estimate of drug-likeness (QED) is 0.767. The first-order valence-corrected chi connectivity index (χ1v) is 5.82. The second kappa shape index (κ2) is 4.27. The van der Waals surface area contributed by atoms with Crippen molar-refractivity contribution in [2.75, 3.05) is 0 Å². The smallest absolute Gasteiger partial charge is 0.144 e. The van der Waals surface area contributed by atoms with Gasteiger partial charge in [0.1, 0.15) is 16.5 Å². The maximum atomic E-state index is 10.6. The Kier molecular flexibility index (Phi) is 2.82. The Hall–Kier alpha value is -1.62. The van der Waals surface area contributed by atoms with Crippen molar-refractivity contribution >= 4 is 10.7 Å². The van der Waals surface area contributed by atoms with Crippen molar-refractivity contribution < 1.29 is 8.42 Å². The van der Waals surface area contributed by atoms with Gasteiger partial charge >= 0.3 is 0 Å². The third-order valence-corrected chi connectivity index (χ3v) is 2.63. The highest BCUT2D eigenvalue weighted by atomic mass is 32.2. The molecule has 1 heterocycles. The van der Waals surface area contributed by atoms with Crippen LogP contribution in [0.2, 0.25) is 0 Å². The standard InChI is InChI=1S/C10H10N2O2S/c13-15(14)7-8-2-1-3-9(6-8)10-11-4-5-12-10/h1-6,15H,7H2,(H,11,12). The predicted molar refractivity (Wildman–Crippen MR) is 58.0 cm³/mol. The van der Waals surface area contributed by atoms with E-state index in [9.17, 15) is 8.42 Å². The normalized spacial score (nSPS) is 10.7. The highest BCUT2D eigenvalue weighted by molar-refractivity contribution is 7.71. The monoisotopic (exact) mass is 222 g/mol. The number of benzene rings is 1. The van der Waals surface area contributed by atoms with Gasteiger partial charge < -0.3 is 4.98 Å². The fourth-order valence-corrected chi connectivity index (χ4v) is 1.88. The van der Waals surface area contributed by atoms with E-state index in [-0.39, 0.29) is 5.75 Å². The molecule has 0 fully saturated rings. The number of rotatable bonds is 3. The molecule has 0 radical (unpaired) electrons. The number of hydrogen-bond donors (Lipinski definition) is 2. The molecule has 1 aromatic carbocycles. The largest absolute Gasteiger partial charge is 0.345 e. The third-order valence-electron chi connectivity index (χ3n) is 2.01. The highest BCUT2D eigenvalue weighted by Crippen LogP contribution is 2.16. The molecule has 0 bridgehead atoms. The van der Waals surface area contributed by atoms with Crippen LogP contribution in [0.25, 0.3) is 11.4 Å². The molecule has 0 amide bonds. The van der Waals surface area contributed by atoms with Crippen LogP contribution in [0.15, 0.2) is 36.7 Å². The van der Waals surface area contributed by atoms with E-state index in [0.717, 1.165) is 17.0 Å². The molecule has 0 spiro atoms. The molecule has 4 nitrogen and oxygen atoms in total. The fourth-order valence-electron chi connectivity index (χ4n) is 1.39. The van der Waals surface area contributed by atoms with Gasteiger partial charge in [-0.2, -0.15) is 0 Å². The Morgan fingerprint density at radius 3 is 2.87 bits per heavy atom. The molecule has 1 N–H and O–H groups in total. The van der Waals surface area contributed by atoms with Crippen molar-refractivity contribution in [3.05, 3.63) is 42.2 Å². The average molecular weight is 222 g/mol. The minimum Gasteiger partial charge on any atom is -0.345 e. The van der Waals surface area contributed by atoms with Gasteiger partial charge in [0, 0.05) is 18.0 Å². The molecule has 78 valence electrons. The van der Waals surface area contributed by atoms with Crippen molar-refractivity contribution in [3.8, 4) is 11.4 Å². The maximum Gasteiger partial charge on any atom is 0.144 e. The molecule has 0 aliphatic rings. The van der Waals surface area contributed by atoms with Gasteiger partial charge in [0.05, 0.1) is 5.75 Å². The number of H-pyrrole nitrogens is 1. The van der Waals surface area contributed by atoms with Gasteiger partial charge in [-0.1, -0.05) is 18.2 Å². The van der Waals surface area contributed by atoms with Gasteiger partial charge in [-0.15, -0.1) is 0 Å². The maximum absolute atomic E-state index is 10.6. The van der Waals surface area contributed by atoms with Crippen LogP contribution in [0.5, 0.6) is 0 Å². The van der Waals surface area contributed by atoms with Gasteiger partial charge in [-0.05, 0) is 11.6 Å². The molecule has 15 heavy (non-hydrogen) atoms. The van der Waals surface area contributed by atoms with Crippen LogP contribution in [0, 0.1) is 0 Å². The zero-order chi connectivity index (χ0) is 10.7. The number of aromatic nitrogens is 2. The summed E-state index contributed by atoms with van der Waals surface area (Å²) in [5.74, 6) is 0.821. The predicted octanol–water partition coefficient (Wildman–Crippen LogP) is 1.19. The van der Waals surface area contributed by atoms with E-state index in [1.54, 1.807) is 18.5 Å². The zero-order valence-corrected chi connectivity index (χ0v) is 8.78. The second-order valence-electron chi connectivity index (χ2n) is 3.13. The fraction of sp³-hybridized carbons (Fsp3) is 0.100.